The molecule has 1 saturated heterocycles. The lowest BCUT2D eigenvalue weighted by molar-refractivity contribution is 0.271. The summed E-state index contributed by atoms with van der Waals surface area (Å²) >= 11 is 1.78. The van der Waals surface area contributed by atoms with Crippen molar-refractivity contribution in [3.8, 4) is 0 Å². The Kier molecular flexibility index (Phi) is 5.60. The van der Waals surface area contributed by atoms with E-state index in [1.165, 1.54) is 10.8 Å². The molecule has 0 atom stereocenters. The molecule has 0 aromatic carbocycles. The molecule has 1 aromatic heterocycles. The minimum Gasteiger partial charge on any atom is -0.346 e. The molecule has 1 aromatic rings. The number of nitrogens with one attached hydrogen (secondary N) is 1. The topological polar surface area (TPSA) is 31.4 Å². The van der Waals surface area contributed by atoms with E-state index in [4.69, 9.17) is 4.98 Å². The van der Waals surface area contributed by atoms with Crippen molar-refractivity contribution in [3.05, 3.63) is 11.1 Å². The Labute approximate surface area is 120 Å². The molecule has 0 aliphatic carbocycles. The van der Waals surface area contributed by atoms with Crippen molar-refractivity contribution in [3.63, 3.8) is 0 Å². The molecule has 19 heavy (non-hydrogen) atoms. The summed E-state index contributed by atoms with van der Waals surface area (Å²) < 4.78 is 0. The van der Waals surface area contributed by atoms with Crippen LogP contribution in [0.5, 0.6) is 0 Å². The fourth-order valence-electron chi connectivity index (χ4n) is 2.27. The second-order valence-corrected chi connectivity index (χ2v) is 6.40. The van der Waals surface area contributed by atoms with E-state index in [-0.39, 0.29) is 0 Å². The van der Waals surface area contributed by atoms with Crippen LogP contribution in [0.1, 0.15) is 26.5 Å². The van der Waals surface area contributed by atoms with E-state index in [2.05, 4.69) is 41.3 Å². The van der Waals surface area contributed by atoms with E-state index in [1.54, 1.807) is 11.3 Å². The van der Waals surface area contributed by atoms with Crippen molar-refractivity contribution < 1.29 is 0 Å². The molecule has 2 heterocycles. The quantitative estimate of drug-likeness (QED) is 0.865. The lowest BCUT2D eigenvalue weighted by Crippen LogP contribution is -2.46. The number of likely N-dealkylation sites (N-methyl/N-ethyl adjacent to an activating group) is 1. The summed E-state index contributed by atoms with van der Waals surface area (Å²) in [5.74, 6) is 0.695. The van der Waals surface area contributed by atoms with E-state index in [0.717, 1.165) is 45.8 Å². The zero-order valence-electron chi connectivity index (χ0n) is 12.4. The Morgan fingerprint density at radius 3 is 2.68 bits per heavy atom. The molecule has 1 N–H and O–H groups in total. The highest BCUT2D eigenvalue weighted by atomic mass is 32.1. The first kappa shape index (κ1) is 14.8. The zero-order valence-corrected chi connectivity index (χ0v) is 13.2. The Morgan fingerprint density at radius 2 is 2.05 bits per heavy atom. The van der Waals surface area contributed by atoms with Crippen LogP contribution in [0.15, 0.2) is 5.38 Å². The van der Waals surface area contributed by atoms with Gasteiger partial charge in [-0.05, 0) is 19.0 Å². The van der Waals surface area contributed by atoms with Gasteiger partial charge in [0, 0.05) is 38.1 Å². The van der Waals surface area contributed by atoms with E-state index in [1.807, 2.05) is 0 Å². The van der Waals surface area contributed by atoms with Crippen molar-refractivity contribution in [1.82, 2.24) is 15.2 Å². The van der Waals surface area contributed by atoms with Crippen molar-refractivity contribution >= 4 is 16.5 Å². The molecule has 1 fully saturated rings. The molecule has 0 amide bonds. The van der Waals surface area contributed by atoms with E-state index in [0.29, 0.717) is 5.92 Å². The van der Waals surface area contributed by atoms with Crippen LogP contribution < -0.4 is 10.2 Å². The predicted octanol–water partition coefficient (Wildman–Crippen LogP) is 2.03. The summed E-state index contributed by atoms with van der Waals surface area (Å²) in [7, 11) is 0. The number of nitrogens with zero attached hydrogens (tertiary/aromatic N) is 3. The normalized spacial score (nSPS) is 17.4. The maximum atomic E-state index is 4.75. The third-order valence-electron chi connectivity index (χ3n) is 3.49. The standard InChI is InChI=1S/C14H26N4S/c1-4-17-5-7-18(8-6-17)14-16-13(11-19-14)10-15-9-12(2)3/h11-12,15H,4-10H2,1-3H3. The molecule has 0 unspecified atom stereocenters. The molecule has 0 radical (unpaired) electrons. The fourth-order valence-corrected chi connectivity index (χ4v) is 3.15. The van der Waals surface area contributed by atoms with Crippen molar-refractivity contribution in [2.24, 2.45) is 5.92 Å². The Hall–Kier alpha value is -0.650. The smallest absolute Gasteiger partial charge is 0.185 e. The number of aromatic nitrogens is 1. The van der Waals surface area contributed by atoms with E-state index in [9.17, 15) is 0 Å². The summed E-state index contributed by atoms with van der Waals surface area (Å²) in [6, 6.07) is 0. The molecular weight excluding hydrogens is 256 g/mol. The highest BCUT2D eigenvalue weighted by Crippen LogP contribution is 2.21. The van der Waals surface area contributed by atoms with Gasteiger partial charge in [0.15, 0.2) is 5.13 Å². The number of rotatable bonds is 6. The molecule has 0 saturated carbocycles. The second kappa shape index (κ2) is 7.22. The molecule has 1 aliphatic heterocycles. The fraction of sp³-hybridized carbons (Fsp3) is 0.786. The summed E-state index contributed by atoms with van der Waals surface area (Å²) in [5, 5.41) is 6.83. The van der Waals surface area contributed by atoms with Gasteiger partial charge in [-0.15, -0.1) is 11.3 Å². The molecule has 0 bridgehead atoms. The maximum Gasteiger partial charge on any atom is 0.185 e. The average molecular weight is 282 g/mol. The average Bonchev–Trinajstić information content (AvgIpc) is 2.87. The highest BCUT2D eigenvalue weighted by molar-refractivity contribution is 7.13. The molecule has 2 rings (SSSR count). The van der Waals surface area contributed by atoms with E-state index < -0.39 is 0 Å². The van der Waals surface area contributed by atoms with Crippen LogP contribution in [0.25, 0.3) is 0 Å². The van der Waals surface area contributed by atoms with Crippen molar-refractivity contribution in [2.45, 2.75) is 27.3 Å². The summed E-state index contributed by atoms with van der Waals surface area (Å²) in [6.45, 7) is 14.4. The van der Waals surface area contributed by atoms with Crippen LogP contribution in [-0.2, 0) is 6.54 Å². The van der Waals surface area contributed by atoms with Crippen LogP contribution in [0, 0.1) is 5.92 Å². The van der Waals surface area contributed by atoms with Gasteiger partial charge in [0.25, 0.3) is 0 Å². The van der Waals surface area contributed by atoms with Crippen molar-refractivity contribution in [2.75, 3.05) is 44.2 Å². The molecular formula is C14H26N4S. The second-order valence-electron chi connectivity index (χ2n) is 5.57. The third-order valence-corrected chi connectivity index (χ3v) is 4.44. The number of thiazole rings is 1. The first-order chi connectivity index (χ1) is 9.19. The van der Waals surface area contributed by atoms with Gasteiger partial charge in [0.2, 0.25) is 0 Å². The van der Waals surface area contributed by atoms with Gasteiger partial charge in [-0.2, -0.15) is 0 Å². The van der Waals surface area contributed by atoms with Gasteiger partial charge in [0.1, 0.15) is 0 Å². The van der Waals surface area contributed by atoms with E-state index >= 15 is 0 Å². The van der Waals surface area contributed by atoms with Crippen LogP contribution in [0.4, 0.5) is 5.13 Å². The summed E-state index contributed by atoms with van der Waals surface area (Å²) in [6.07, 6.45) is 0. The van der Waals surface area contributed by atoms with Crippen LogP contribution in [-0.4, -0.2) is 49.2 Å². The predicted molar refractivity (Wildman–Crippen MR) is 83.0 cm³/mol. The lowest BCUT2D eigenvalue weighted by Gasteiger charge is -2.33. The Balaban J connectivity index is 1.80. The van der Waals surface area contributed by atoms with Gasteiger partial charge in [-0.1, -0.05) is 20.8 Å². The zero-order chi connectivity index (χ0) is 13.7. The number of hydrogen-bond donors (Lipinski definition) is 1. The van der Waals surface area contributed by atoms with Crippen molar-refractivity contribution in [1.29, 1.82) is 0 Å². The highest BCUT2D eigenvalue weighted by Gasteiger charge is 2.18. The summed E-state index contributed by atoms with van der Waals surface area (Å²) in [4.78, 5) is 9.66. The maximum absolute atomic E-state index is 4.75. The molecule has 5 heteroatoms. The third kappa shape index (κ3) is 4.44. The molecule has 0 spiro atoms. The van der Waals surface area contributed by atoms with Gasteiger partial charge in [-0.25, -0.2) is 4.98 Å². The molecule has 4 nitrogen and oxygen atoms in total. The van der Waals surface area contributed by atoms with Gasteiger partial charge >= 0.3 is 0 Å². The minimum absolute atomic E-state index is 0.695. The lowest BCUT2D eigenvalue weighted by atomic mass is 10.2. The van der Waals surface area contributed by atoms with Crippen LogP contribution in [0.2, 0.25) is 0 Å². The largest absolute Gasteiger partial charge is 0.346 e. The van der Waals surface area contributed by atoms with Gasteiger partial charge in [0.05, 0.1) is 5.69 Å². The Bertz CT molecular complexity index is 369. The van der Waals surface area contributed by atoms with Crippen LogP contribution >= 0.6 is 11.3 Å². The van der Waals surface area contributed by atoms with Crippen LogP contribution in [0.3, 0.4) is 0 Å². The Morgan fingerprint density at radius 1 is 1.32 bits per heavy atom. The monoisotopic (exact) mass is 282 g/mol. The van der Waals surface area contributed by atoms with Gasteiger partial charge in [-0.3, -0.25) is 0 Å². The molecule has 1 aliphatic rings. The molecule has 108 valence electrons. The number of anilines is 1. The SMILES string of the molecule is CCN1CCN(c2nc(CNCC(C)C)cs2)CC1. The number of hydrogen-bond acceptors (Lipinski definition) is 5. The first-order valence-corrected chi connectivity index (χ1v) is 8.19. The minimum atomic E-state index is 0.695. The number of piperazine rings is 1. The van der Waals surface area contributed by atoms with Gasteiger partial charge < -0.3 is 15.1 Å². The first-order valence-electron chi connectivity index (χ1n) is 7.31. The summed E-state index contributed by atoms with van der Waals surface area (Å²) in [5.41, 5.74) is 1.18.